The summed E-state index contributed by atoms with van der Waals surface area (Å²) in [6.45, 7) is 10.3. The fourth-order valence-corrected chi connectivity index (χ4v) is 2.32. The molecule has 1 aromatic rings. The molecule has 0 aromatic carbocycles. The molecule has 1 atom stereocenters. The molecule has 2 rings (SSSR count). The Kier molecular flexibility index (Phi) is 4.94. The van der Waals surface area contributed by atoms with E-state index in [0.717, 1.165) is 19.6 Å². The number of ether oxygens (including phenoxy) is 1. The number of hydrogen-bond acceptors (Lipinski definition) is 7. The minimum atomic E-state index is 0.0117. The quantitative estimate of drug-likeness (QED) is 0.803. The molecule has 0 amide bonds. The van der Waals surface area contributed by atoms with E-state index in [2.05, 4.69) is 32.1 Å². The summed E-state index contributed by atoms with van der Waals surface area (Å²) in [5.41, 5.74) is 5.67. The number of anilines is 2. The van der Waals surface area contributed by atoms with Gasteiger partial charge in [-0.15, -0.1) is 0 Å². The first-order chi connectivity index (χ1) is 9.56. The van der Waals surface area contributed by atoms with E-state index in [1.54, 1.807) is 0 Å². The number of likely N-dealkylation sites (tertiary alicyclic amines) is 1. The van der Waals surface area contributed by atoms with Crippen LogP contribution < -0.4 is 15.8 Å². The van der Waals surface area contributed by atoms with Crippen molar-refractivity contribution in [1.82, 2.24) is 19.9 Å². The molecule has 1 aromatic heterocycles. The van der Waals surface area contributed by atoms with E-state index < -0.39 is 0 Å². The Morgan fingerprint density at radius 2 is 2.20 bits per heavy atom. The van der Waals surface area contributed by atoms with Crippen LogP contribution in [0.4, 0.5) is 11.9 Å². The fraction of sp³-hybridized carbons (Fsp3) is 0.769. The molecular formula is C13H24N6O. The Labute approximate surface area is 119 Å². The van der Waals surface area contributed by atoms with Crippen LogP contribution >= 0.6 is 0 Å². The molecule has 2 heterocycles. The lowest BCUT2D eigenvalue weighted by atomic mass is 10.1. The van der Waals surface area contributed by atoms with Crippen molar-refractivity contribution in [3.05, 3.63) is 0 Å². The van der Waals surface area contributed by atoms with Gasteiger partial charge < -0.3 is 20.7 Å². The molecule has 1 unspecified atom stereocenters. The largest absolute Gasteiger partial charge is 0.461 e. The van der Waals surface area contributed by atoms with Gasteiger partial charge in [0.25, 0.3) is 0 Å². The van der Waals surface area contributed by atoms with Gasteiger partial charge in [0, 0.05) is 13.1 Å². The van der Waals surface area contributed by atoms with Gasteiger partial charge in [-0.05, 0) is 39.3 Å². The number of nitrogens with one attached hydrogen (secondary N) is 1. The van der Waals surface area contributed by atoms with Gasteiger partial charge in [-0.1, -0.05) is 6.92 Å². The molecule has 7 nitrogen and oxygen atoms in total. The fourth-order valence-electron chi connectivity index (χ4n) is 2.32. The number of hydrogen-bond donors (Lipinski definition) is 2. The van der Waals surface area contributed by atoms with Crippen LogP contribution in [0.1, 0.15) is 27.2 Å². The summed E-state index contributed by atoms with van der Waals surface area (Å²) in [6.07, 6.45) is 1.22. The molecule has 0 saturated carbocycles. The minimum absolute atomic E-state index is 0.0117. The van der Waals surface area contributed by atoms with E-state index >= 15 is 0 Å². The Balaban J connectivity index is 1.90. The molecule has 7 heteroatoms. The standard InChI is InChI=1S/C13H24N6O/c1-4-19-6-5-10(8-19)7-15-12-16-11(14)17-13(18-12)20-9(2)3/h9-10H,4-8H2,1-3H3,(H3,14,15,16,17,18). The van der Waals surface area contributed by atoms with E-state index in [9.17, 15) is 0 Å². The SMILES string of the molecule is CCN1CCC(CNc2nc(N)nc(OC(C)C)n2)C1. The number of rotatable bonds is 6. The highest BCUT2D eigenvalue weighted by Crippen LogP contribution is 2.17. The second kappa shape index (κ2) is 6.69. The summed E-state index contributed by atoms with van der Waals surface area (Å²) in [7, 11) is 0. The normalized spacial score (nSPS) is 19.5. The Hall–Kier alpha value is -1.63. The third-order valence-corrected chi connectivity index (χ3v) is 3.34. The predicted molar refractivity (Wildman–Crippen MR) is 78.7 cm³/mol. The molecule has 0 radical (unpaired) electrons. The molecule has 0 spiro atoms. The average Bonchev–Trinajstić information content (AvgIpc) is 2.83. The number of nitrogens with two attached hydrogens (primary N) is 1. The van der Waals surface area contributed by atoms with Crippen LogP contribution in [0.2, 0.25) is 0 Å². The summed E-state index contributed by atoms with van der Waals surface area (Å²) < 4.78 is 5.45. The summed E-state index contributed by atoms with van der Waals surface area (Å²) >= 11 is 0. The van der Waals surface area contributed by atoms with Crippen LogP contribution in [0.5, 0.6) is 6.01 Å². The maximum Gasteiger partial charge on any atom is 0.323 e. The highest BCUT2D eigenvalue weighted by molar-refractivity contribution is 5.32. The molecule has 1 aliphatic heterocycles. The second-order valence-corrected chi connectivity index (χ2v) is 5.40. The molecule has 1 aliphatic rings. The van der Waals surface area contributed by atoms with Crippen molar-refractivity contribution in [1.29, 1.82) is 0 Å². The summed E-state index contributed by atoms with van der Waals surface area (Å²) in [5, 5.41) is 3.24. The molecule has 0 bridgehead atoms. The van der Waals surface area contributed by atoms with Gasteiger partial charge in [-0.25, -0.2) is 0 Å². The van der Waals surface area contributed by atoms with E-state index in [-0.39, 0.29) is 18.1 Å². The Morgan fingerprint density at radius 3 is 2.85 bits per heavy atom. The lowest BCUT2D eigenvalue weighted by Gasteiger charge is -2.14. The van der Waals surface area contributed by atoms with Crippen molar-refractivity contribution < 1.29 is 4.74 Å². The van der Waals surface area contributed by atoms with Gasteiger partial charge in [0.2, 0.25) is 11.9 Å². The van der Waals surface area contributed by atoms with Crippen molar-refractivity contribution in [3.8, 4) is 6.01 Å². The first-order valence-electron chi connectivity index (χ1n) is 7.21. The lowest BCUT2D eigenvalue weighted by molar-refractivity contribution is 0.222. The monoisotopic (exact) mass is 280 g/mol. The lowest BCUT2D eigenvalue weighted by Crippen LogP contribution is -2.23. The number of aromatic nitrogens is 3. The summed E-state index contributed by atoms with van der Waals surface area (Å²) in [6, 6.07) is 0.275. The summed E-state index contributed by atoms with van der Waals surface area (Å²) in [4.78, 5) is 14.7. The Bertz CT molecular complexity index is 439. The zero-order chi connectivity index (χ0) is 14.5. The van der Waals surface area contributed by atoms with Crippen molar-refractivity contribution >= 4 is 11.9 Å². The molecule has 1 fully saturated rings. The van der Waals surface area contributed by atoms with E-state index in [0.29, 0.717) is 11.9 Å². The maximum atomic E-state index is 5.67. The zero-order valence-electron chi connectivity index (χ0n) is 12.5. The van der Waals surface area contributed by atoms with E-state index in [1.165, 1.54) is 13.0 Å². The van der Waals surface area contributed by atoms with Crippen LogP contribution in [0.25, 0.3) is 0 Å². The molecule has 0 aliphatic carbocycles. The van der Waals surface area contributed by atoms with Crippen LogP contribution in [-0.2, 0) is 0 Å². The first kappa shape index (κ1) is 14.8. The molecular weight excluding hydrogens is 256 g/mol. The molecule has 1 saturated heterocycles. The highest BCUT2D eigenvalue weighted by Gasteiger charge is 2.21. The van der Waals surface area contributed by atoms with Crippen LogP contribution in [0, 0.1) is 5.92 Å². The zero-order valence-corrected chi connectivity index (χ0v) is 12.5. The third kappa shape index (κ3) is 4.19. The Morgan fingerprint density at radius 1 is 1.40 bits per heavy atom. The van der Waals surface area contributed by atoms with Gasteiger partial charge in [0.15, 0.2) is 0 Å². The van der Waals surface area contributed by atoms with Crippen LogP contribution in [-0.4, -0.2) is 52.1 Å². The van der Waals surface area contributed by atoms with Gasteiger partial charge in [-0.2, -0.15) is 15.0 Å². The second-order valence-electron chi connectivity index (χ2n) is 5.40. The molecule has 112 valence electrons. The van der Waals surface area contributed by atoms with Crippen molar-refractivity contribution in [3.63, 3.8) is 0 Å². The van der Waals surface area contributed by atoms with E-state index in [1.807, 2.05) is 13.8 Å². The predicted octanol–water partition coefficient (Wildman–Crippen LogP) is 0.995. The van der Waals surface area contributed by atoms with Crippen LogP contribution in [0.3, 0.4) is 0 Å². The molecule has 20 heavy (non-hydrogen) atoms. The van der Waals surface area contributed by atoms with Gasteiger partial charge >= 0.3 is 6.01 Å². The minimum Gasteiger partial charge on any atom is -0.461 e. The van der Waals surface area contributed by atoms with Gasteiger partial charge in [-0.3, -0.25) is 0 Å². The third-order valence-electron chi connectivity index (χ3n) is 3.34. The topological polar surface area (TPSA) is 89.2 Å². The average molecular weight is 280 g/mol. The highest BCUT2D eigenvalue weighted by atomic mass is 16.5. The van der Waals surface area contributed by atoms with Gasteiger partial charge in [0.1, 0.15) is 0 Å². The first-order valence-corrected chi connectivity index (χ1v) is 7.21. The number of nitrogens with zero attached hydrogens (tertiary/aromatic N) is 4. The molecule has 3 N–H and O–H groups in total. The van der Waals surface area contributed by atoms with Gasteiger partial charge in [0.05, 0.1) is 6.10 Å². The maximum absolute atomic E-state index is 5.67. The number of nitrogen functional groups attached to an aromatic ring is 1. The van der Waals surface area contributed by atoms with Crippen molar-refractivity contribution in [2.45, 2.75) is 33.3 Å². The van der Waals surface area contributed by atoms with E-state index in [4.69, 9.17) is 10.5 Å². The van der Waals surface area contributed by atoms with Crippen molar-refractivity contribution in [2.75, 3.05) is 37.2 Å². The summed E-state index contributed by atoms with van der Waals surface area (Å²) in [5.74, 6) is 1.30. The smallest absolute Gasteiger partial charge is 0.323 e. The van der Waals surface area contributed by atoms with Crippen molar-refractivity contribution in [2.24, 2.45) is 5.92 Å². The van der Waals surface area contributed by atoms with Crippen LogP contribution in [0.15, 0.2) is 0 Å².